The Kier molecular flexibility index (Phi) is 8.14. The Bertz CT molecular complexity index is 991. The molecular formula is C29H44O14. The maximum atomic E-state index is 13.0. The fourth-order valence-electron chi connectivity index (χ4n) is 6.43. The molecule has 0 aromatic heterocycles. The molecule has 6 saturated heterocycles. The van der Waals surface area contributed by atoms with Crippen LogP contribution in [0.2, 0.25) is 0 Å². The normalized spacial score (nSPS) is 43.4. The molecule has 2 unspecified atom stereocenters. The van der Waals surface area contributed by atoms with Crippen molar-refractivity contribution in [1.29, 1.82) is 0 Å². The second kappa shape index (κ2) is 11.1. The largest absolute Gasteiger partial charge is 0.456 e. The molecule has 0 saturated carbocycles. The van der Waals surface area contributed by atoms with Crippen LogP contribution < -0.4 is 0 Å². The van der Waals surface area contributed by atoms with Crippen molar-refractivity contribution in [3.05, 3.63) is 0 Å². The highest BCUT2D eigenvalue weighted by Crippen LogP contribution is 2.43. The van der Waals surface area contributed by atoms with E-state index in [9.17, 15) is 9.59 Å². The van der Waals surface area contributed by atoms with Crippen molar-refractivity contribution in [3.63, 3.8) is 0 Å². The zero-order valence-corrected chi connectivity index (χ0v) is 26.0. The van der Waals surface area contributed by atoms with Gasteiger partial charge in [0.1, 0.15) is 24.4 Å². The van der Waals surface area contributed by atoms with Crippen LogP contribution in [0, 0.1) is 0 Å². The zero-order valence-electron chi connectivity index (χ0n) is 26.0. The zero-order chi connectivity index (χ0) is 30.9. The molecule has 6 rings (SSSR count). The van der Waals surface area contributed by atoms with Crippen molar-refractivity contribution < 1.29 is 66.4 Å². The number of hydrogen-bond donors (Lipinski definition) is 0. The minimum Gasteiger partial charge on any atom is -0.456 e. The van der Waals surface area contributed by atoms with E-state index in [1.54, 1.807) is 55.4 Å². The minimum atomic E-state index is -0.892. The molecule has 0 aromatic rings. The Morgan fingerprint density at radius 2 is 0.953 bits per heavy atom. The van der Waals surface area contributed by atoms with Crippen molar-refractivity contribution in [2.24, 2.45) is 0 Å². The van der Waals surface area contributed by atoms with Gasteiger partial charge in [0.05, 0.1) is 13.2 Å². The van der Waals surface area contributed by atoms with Gasteiger partial charge >= 0.3 is 11.9 Å². The molecule has 6 aliphatic heterocycles. The van der Waals surface area contributed by atoms with E-state index in [1.807, 2.05) is 0 Å². The lowest BCUT2D eigenvalue weighted by atomic mass is 10.1. The summed E-state index contributed by atoms with van der Waals surface area (Å²) in [5, 5.41) is 0. The molecule has 14 heteroatoms. The number of fused-ring (bicyclic) bond motifs is 2. The minimum absolute atomic E-state index is 0.0233. The van der Waals surface area contributed by atoms with Crippen LogP contribution in [0.5, 0.6) is 0 Å². The number of carbonyl (C=O) groups excluding carboxylic acids is 2. The smallest absolute Gasteiger partial charge is 0.306 e. The first kappa shape index (κ1) is 31.5. The number of carbonyl (C=O) groups is 2. The third kappa shape index (κ3) is 6.74. The van der Waals surface area contributed by atoms with Crippen LogP contribution in [0.1, 0.15) is 74.7 Å². The predicted molar refractivity (Wildman–Crippen MR) is 141 cm³/mol. The van der Waals surface area contributed by atoms with Crippen molar-refractivity contribution >= 4 is 11.9 Å². The summed E-state index contributed by atoms with van der Waals surface area (Å²) in [5.74, 6) is -4.37. The quantitative estimate of drug-likeness (QED) is 0.367. The van der Waals surface area contributed by atoms with Gasteiger partial charge in [-0.1, -0.05) is 0 Å². The molecular weight excluding hydrogens is 572 g/mol. The van der Waals surface area contributed by atoms with E-state index in [2.05, 4.69) is 0 Å². The molecule has 10 atom stereocenters. The van der Waals surface area contributed by atoms with Crippen LogP contribution in [-0.2, 0) is 66.4 Å². The van der Waals surface area contributed by atoms with Crippen molar-refractivity contribution in [2.75, 3.05) is 13.2 Å². The number of esters is 2. The van der Waals surface area contributed by atoms with E-state index in [-0.39, 0.29) is 32.5 Å². The van der Waals surface area contributed by atoms with E-state index in [1.165, 1.54) is 0 Å². The molecule has 6 fully saturated rings. The fourth-order valence-corrected chi connectivity index (χ4v) is 6.43. The average molecular weight is 617 g/mol. The summed E-state index contributed by atoms with van der Waals surface area (Å²) in [4.78, 5) is 26.0. The first-order valence-electron chi connectivity index (χ1n) is 15.0. The lowest BCUT2D eigenvalue weighted by molar-refractivity contribution is -0.235. The molecule has 43 heavy (non-hydrogen) atoms. The topological polar surface area (TPSA) is 145 Å². The molecule has 0 spiro atoms. The summed E-state index contributed by atoms with van der Waals surface area (Å²) >= 11 is 0. The van der Waals surface area contributed by atoms with Gasteiger partial charge < -0.3 is 56.8 Å². The molecule has 14 nitrogen and oxygen atoms in total. The van der Waals surface area contributed by atoms with Crippen LogP contribution in [0.25, 0.3) is 0 Å². The molecule has 0 bridgehead atoms. The Morgan fingerprint density at radius 3 is 1.30 bits per heavy atom. The van der Waals surface area contributed by atoms with Gasteiger partial charge in [-0.05, 0) is 61.8 Å². The van der Waals surface area contributed by atoms with Gasteiger partial charge in [-0.25, -0.2) is 0 Å². The third-order valence-corrected chi connectivity index (χ3v) is 8.14. The Balaban J connectivity index is 1.03. The summed E-state index contributed by atoms with van der Waals surface area (Å²) in [6, 6.07) is 0. The molecule has 0 aromatic carbocycles. The van der Waals surface area contributed by atoms with Crippen LogP contribution in [0.15, 0.2) is 0 Å². The van der Waals surface area contributed by atoms with Gasteiger partial charge in [0.25, 0.3) is 0 Å². The Hall–Kier alpha value is -1.46. The Morgan fingerprint density at radius 1 is 0.558 bits per heavy atom. The fraction of sp³-hybridized carbons (Fsp3) is 0.931. The van der Waals surface area contributed by atoms with E-state index < -0.39 is 96.5 Å². The van der Waals surface area contributed by atoms with Crippen molar-refractivity contribution in [2.45, 2.75) is 159 Å². The van der Waals surface area contributed by atoms with Gasteiger partial charge in [0.15, 0.2) is 60.1 Å². The molecule has 0 amide bonds. The van der Waals surface area contributed by atoms with Gasteiger partial charge in [0.2, 0.25) is 0 Å². The van der Waals surface area contributed by atoms with Crippen LogP contribution in [0.4, 0.5) is 0 Å². The van der Waals surface area contributed by atoms with E-state index >= 15 is 0 Å². The van der Waals surface area contributed by atoms with Gasteiger partial charge in [0, 0.05) is 12.8 Å². The van der Waals surface area contributed by atoms with Crippen molar-refractivity contribution in [1.82, 2.24) is 0 Å². The second-order valence-electron chi connectivity index (χ2n) is 13.6. The average Bonchev–Trinajstić information content (AvgIpc) is 3.68. The van der Waals surface area contributed by atoms with Gasteiger partial charge in [-0.3, -0.25) is 9.59 Å². The SMILES string of the molecule is CC1(C)OCC([C@H]2O[C@@H]3OC(C)(C)O[C@@H]3[C@H]2OC(=O)CCCC(=O)O[C@@H]2[C@H]3OC(C)(C)O[C@H]3O[C@@H]2C2COC(C)(C)O2)O1. The van der Waals surface area contributed by atoms with E-state index in [0.717, 1.165) is 0 Å². The predicted octanol–water partition coefficient (Wildman–Crippen LogP) is 2.04. The molecule has 0 N–H and O–H groups in total. The summed E-state index contributed by atoms with van der Waals surface area (Å²) in [6.45, 7) is 14.8. The molecule has 244 valence electrons. The molecule has 6 aliphatic rings. The maximum absolute atomic E-state index is 13.0. The summed E-state index contributed by atoms with van der Waals surface area (Å²) < 4.78 is 71.0. The second-order valence-corrected chi connectivity index (χ2v) is 13.6. The summed E-state index contributed by atoms with van der Waals surface area (Å²) in [6.07, 6.45) is -6.29. The highest BCUT2D eigenvalue weighted by molar-refractivity contribution is 5.73. The maximum Gasteiger partial charge on any atom is 0.306 e. The standard InChI is InChI=1S/C29H44O14/c1-26(2)32-12-14(38-26)18-20(22-24(36-18)42-28(5,6)40-22)34-16(30)10-9-11-17(31)35-21-19(15-13-33-27(3,4)39-15)37-25-23(21)41-29(7,8)43-25/h14-15,18-25H,9-13H2,1-8H3/t14?,15?,18-,19-,20+,21+,22-,23-,24-,25-/m1/s1. The summed E-state index contributed by atoms with van der Waals surface area (Å²) in [5.41, 5.74) is 0. The van der Waals surface area contributed by atoms with Crippen molar-refractivity contribution in [3.8, 4) is 0 Å². The number of ether oxygens (including phenoxy) is 12. The van der Waals surface area contributed by atoms with Gasteiger partial charge in [-0.2, -0.15) is 0 Å². The monoisotopic (exact) mass is 616 g/mol. The highest BCUT2D eigenvalue weighted by atomic mass is 16.9. The van der Waals surface area contributed by atoms with Crippen LogP contribution in [-0.4, -0.2) is 110 Å². The van der Waals surface area contributed by atoms with E-state index in [0.29, 0.717) is 0 Å². The summed E-state index contributed by atoms with van der Waals surface area (Å²) in [7, 11) is 0. The molecule has 0 aliphatic carbocycles. The number of rotatable bonds is 8. The molecule has 6 heterocycles. The van der Waals surface area contributed by atoms with Crippen LogP contribution >= 0.6 is 0 Å². The van der Waals surface area contributed by atoms with Gasteiger partial charge in [-0.15, -0.1) is 0 Å². The van der Waals surface area contributed by atoms with E-state index in [4.69, 9.17) is 56.8 Å². The highest BCUT2D eigenvalue weighted by Gasteiger charge is 2.61. The first-order chi connectivity index (χ1) is 20.0. The van der Waals surface area contributed by atoms with Crippen LogP contribution in [0.3, 0.4) is 0 Å². The third-order valence-electron chi connectivity index (χ3n) is 8.14. The number of hydrogen-bond acceptors (Lipinski definition) is 14. The first-order valence-corrected chi connectivity index (χ1v) is 15.0. The lowest BCUT2D eigenvalue weighted by Crippen LogP contribution is -2.45. The Labute approximate surface area is 251 Å². The molecule has 0 radical (unpaired) electrons. The lowest BCUT2D eigenvalue weighted by Gasteiger charge is -2.29.